The summed E-state index contributed by atoms with van der Waals surface area (Å²) in [4.78, 5) is 11.8. The Balaban J connectivity index is 2.03. The normalized spacial score (nSPS) is 14.8. The van der Waals surface area contributed by atoms with Crippen LogP contribution in [0, 0.1) is 17.2 Å². The second kappa shape index (κ2) is 4.98. The van der Waals surface area contributed by atoms with Crippen LogP contribution in [0.4, 0.5) is 0 Å². The van der Waals surface area contributed by atoms with E-state index in [0.29, 0.717) is 12.1 Å². The van der Waals surface area contributed by atoms with E-state index >= 15 is 0 Å². The van der Waals surface area contributed by atoms with Crippen molar-refractivity contribution in [1.82, 2.24) is 10.6 Å². The quantitative estimate of drug-likeness (QED) is 0.818. The second-order valence-electron chi connectivity index (χ2n) is 4.33. The van der Waals surface area contributed by atoms with Gasteiger partial charge in [-0.25, -0.2) is 0 Å². The highest BCUT2D eigenvalue weighted by Gasteiger charge is 2.13. The van der Waals surface area contributed by atoms with Gasteiger partial charge in [-0.05, 0) is 30.2 Å². The zero-order chi connectivity index (χ0) is 12.3. The van der Waals surface area contributed by atoms with Crippen molar-refractivity contribution in [3.63, 3.8) is 0 Å². The topological polar surface area (TPSA) is 64.9 Å². The van der Waals surface area contributed by atoms with Crippen molar-refractivity contribution in [3.05, 3.63) is 34.9 Å². The number of nitrogens with zero attached hydrogens (tertiary/aromatic N) is 1. The number of nitriles is 1. The van der Waals surface area contributed by atoms with Crippen LogP contribution >= 0.6 is 0 Å². The molecule has 0 fully saturated rings. The Morgan fingerprint density at radius 1 is 1.53 bits per heavy atom. The van der Waals surface area contributed by atoms with Gasteiger partial charge in [-0.1, -0.05) is 6.07 Å². The number of hydrogen-bond donors (Lipinski definition) is 2. The molecule has 1 aliphatic rings. The molecule has 17 heavy (non-hydrogen) atoms. The van der Waals surface area contributed by atoms with Gasteiger partial charge in [0.05, 0.1) is 12.0 Å². The van der Waals surface area contributed by atoms with E-state index in [2.05, 4.69) is 16.7 Å². The fourth-order valence-corrected chi connectivity index (χ4v) is 1.83. The highest BCUT2D eigenvalue weighted by molar-refractivity contribution is 5.94. The highest BCUT2D eigenvalue weighted by atomic mass is 16.1. The molecule has 1 amide bonds. The molecule has 0 aromatic heterocycles. The third-order valence-corrected chi connectivity index (χ3v) is 2.89. The lowest BCUT2D eigenvalue weighted by atomic mass is 10.1. The van der Waals surface area contributed by atoms with Gasteiger partial charge in [0.2, 0.25) is 0 Å². The van der Waals surface area contributed by atoms with E-state index < -0.39 is 0 Å². The van der Waals surface area contributed by atoms with Gasteiger partial charge in [0.15, 0.2) is 0 Å². The predicted octanol–water partition coefficient (Wildman–Crippen LogP) is 1.18. The van der Waals surface area contributed by atoms with E-state index in [0.717, 1.165) is 13.1 Å². The summed E-state index contributed by atoms with van der Waals surface area (Å²) in [6.45, 7) is 3.88. The van der Waals surface area contributed by atoms with E-state index in [1.54, 1.807) is 6.92 Å². The molecule has 0 saturated carbocycles. The molecule has 0 spiro atoms. The van der Waals surface area contributed by atoms with Crippen LogP contribution in [0.5, 0.6) is 0 Å². The standard InChI is InChI=1S/C13H15N3O/c1-9(5-14)6-16-13(17)10-2-3-11-7-15-8-12(11)4-10/h2-4,9,15H,6-8H2,1H3,(H,16,17). The van der Waals surface area contributed by atoms with Crippen LogP contribution in [0.15, 0.2) is 18.2 Å². The molecule has 0 radical (unpaired) electrons. The Kier molecular flexibility index (Phi) is 3.40. The highest BCUT2D eigenvalue weighted by Crippen LogP contribution is 2.16. The maximum Gasteiger partial charge on any atom is 0.251 e. The first-order chi connectivity index (χ1) is 8.20. The van der Waals surface area contributed by atoms with Crippen LogP contribution in [0.2, 0.25) is 0 Å². The van der Waals surface area contributed by atoms with Gasteiger partial charge in [-0.2, -0.15) is 5.26 Å². The monoisotopic (exact) mass is 229 g/mol. The fourth-order valence-electron chi connectivity index (χ4n) is 1.83. The van der Waals surface area contributed by atoms with Crippen LogP contribution in [0.3, 0.4) is 0 Å². The molecule has 2 N–H and O–H groups in total. The second-order valence-corrected chi connectivity index (χ2v) is 4.33. The van der Waals surface area contributed by atoms with Crippen molar-refractivity contribution in [2.24, 2.45) is 5.92 Å². The van der Waals surface area contributed by atoms with Crippen LogP contribution in [0.1, 0.15) is 28.4 Å². The van der Waals surface area contributed by atoms with Gasteiger partial charge in [0, 0.05) is 25.2 Å². The number of hydrogen-bond acceptors (Lipinski definition) is 3. The molecular formula is C13H15N3O. The summed E-state index contributed by atoms with van der Waals surface area (Å²) >= 11 is 0. The summed E-state index contributed by atoms with van der Waals surface area (Å²) in [5, 5.41) is 14.6. The lowest BCUT2D eigenvalue weighted by Gasteiger charge is -2.07. The number of carbonyl (C=O) groups is 1. The number of carbonyl (C=O) groups excluding carboxylic acids is 1. The van der Waals surface area contributed by atoms with E-state index in [1.165, 1.54) is 11.1 Å². The Bertz CT molecular complexity index is 476. The molecule has 0 saturated heterocycles. The summed E-state index contributed by atoms with van der Waals surface area (Å²) in [7, 11) is 0. The molecule has 1 heterocycles. The van der Waals surface area contributed by atoms with Crippen LogP contribution in [-0.4, -0.2) is 12.5 Å². The van der Waals surface area contributed by atoms with Gasteiger partial charge in [0.1, 0.15) is 0 Å². The molecular weight excluding hydrogens is 214 g/mol. The SMILES string of the molecule is CC(C#N)CNC(=O)c1ccc2c(c1)CNC2. The Labute approximate surface area is 101 Å². The Hall–Kier alpha value is -1.86. The van der Waals surface area contributed by atoms with Crippen LogP contribution in [0.25, 0.3) is 0 Å². The van der Waals surface area contributed by atoms with Crippen molar-refractivity contribution in [2.45, 2.75) is 20.0 Å². The molecule has 2 rings (SSSR count). The summed E-state index contributed by atoms with van der Waals surface area (Å²) in [6, 6.07) is 7.82. The van der Waals surface area contributed by atoms with Crippen molar-refractivity contribution < 1.29 is 4.79 Å². The summed E-state index contributed by atoms with van der Waals surface area (Å²) in [5.41, 5.74) is 3.11. The minimum absolute atomic E-state index is 0.109. The van der Waals surface area contributed by atoms with E-state index in [4.69, 9.17) is 5.26 Å². The Morgan fingerprint density at radius 2 is 2.29 bits per heavy atom. The summed E-state index contributed by atoms with van der Waals surface area (Å²) in [6.07, 6.45) is 0. The minimum Gasteiger partial charge on any atom is -0.351 e. The Morgan fingerprint density at radius 3 is 3.06 bits per heavy atom. The van der Waals surface area contributed by atoms with Crippen molar-refractivity contribution in [3.8, 4) is 6.07 Å². The number of fused-ring (bicyclic) bond motifs is 1. The number of amides is 1. The van der Waals surface area contributed by atoms with Crippen molar-refractivity contribution in [2.75, 3.05) is 6.54 Å². The fraction of sp³-hybridized carbons (Fsp3) is 0.385. The molecule has 1 atom stereocenters. The maximum atomic E-state index is 11.8. The molecule has 88 valence electrons. The molecule has 0 aliphatic carbocycles. The molecule has 4 nitrogen and oxygen atoms in total. The van der Waals surface area contributed by atoms with Crippen LogP contribution in [-0.2, 0) is 13.1 Å². The third kappa shape index (κ3) is 2.63. The van der Waals surface area contributed by atoms with Crippen molar-refractivity contribution in [1.29, 1.82) is 5.26 Å². The van der Waals surface area contributed by atoms with Gasteiger partial charge >= 0.3 is 0 Å². The molecule has 4 heteroatoms. The van der Waals surface area contributed by atoms with E-state index in [-0.39, 0.29) is 11.8 Å². The minimum atomic E-state index is -0.157. The zero-order valence-corrected chi connectivity index (χ0v) is 9.79. The first-order valence-electron chi connectivity index (χ1n) is 5.71. The number of nitrogens with one attached hydrogen (secondary N) is 2. The first kappa shape index (κ1) is 11.6. The number of benzene rings is 1. The first-order valence-corrected chi connectivity index (χ1v) is 5.71. The van der Waals surface area contributed by atoms with E-state index in [1.807, 2.05) is 18.2 Å². The lowest BCUT2D eigenvalue weighted by Crippen LogP contribution is -2.27. The molecule has 1 aromatic carbocycles. The largest absolute Gasteiger partial charge is 0.351 e. The molecule has 0 bridgehead atoms. The molecule has 1 aromatic rings. The lowest BCUT2D eigenvalue weighted by molar-refractivity contribution is 0.0950. The van der Waals surface area contributed by atoms with E-state index in [9.17, 15) is 4.79 Å². The third-order valence-electron chi connectivity index (χ3n) is 2.89. The maximum absolute atomic E-state index is 11.8. The number of rotatable bonds is 3. The zero-order valence-electron chi connectivity index (χ0n) is 9.79. The van der Waals surface area contributed by atoms with Gasteiger partial charge in [-0.3, -0.25) is 4.79 Å². The summed E-state index contributed by atoms with van der Waals surface area (Å²) < 4.78 is 0. The molecule has 1 aliphatic heterocycles. The smallest absolute Gasteiger partial charge is 0.251 e. The van der Waals surface area contributed by atoms with Crippen molar-refractivity contribution >= 4 is 5.91 Å². The average Bonchev–Trinajstić information content (AvgIpc) is 2.82. The molecule has 1 unspecified atom stereocenters. The average molecular weight is 229 g/mol. The van der Waals surface area contributed by atoms with Gasteiger partial charge in [-0.15, -0.1) is 0 Å². The van der Waals surface area contributed by atoms with Crippen LogP contribution < -0.4 is 10.6 Å². The van der Waals surface area contributed by atoms with Gasteiger partial charge < -0.3 is 10.6 Å². The summed E-state index contributed by atoms with van der Waals surface area (Å²) in [5.74, 6) is -0.267. The predicted molar refractivity (Wildman–Crippen MR) is 64.1 cm³/mol. The van der Waals surface area contributed by atoms with Gasteiger partial charge in [0.25, 0.3) is 5.91 Å².